The predicted octanol–water partition coefficient (Wildman–Crippen LogP) is 3.40. The van der Waals surface area contributed by atoms with Crippen LogP contribution in [0.3, 0.4) is 0 Å². The number of methoxy groups -OCH3 is 1. The summed E-state index contributed by atoms with van der Waals surface area (Å²) in [7, 11) is 1.64. The maximum Gasteiger partial charge on any atom is 0.358 e. The maximum absolute atomic E-state index is 12.0. The summed E-state index contributed by atoms with van der Waals surface area (Å²) in [5.74, 6) is 1.03. The van der Waals surface area contributed by atoms with E-state index in [0.29, 0.717) is 12.4 Å². The topological polar surface area (TPSA) is 77.8 Å². The fourth-order valence-electron chi connectivity index (χ4n) is 2.70. The number of nitrogens with one attached hydrogen (secondary N) is 1. The Morgan fingerprint density at radius 2 is 2.04 bits per heavy atom. The van der Waals surface area contributed by atoms with Gasteiger partial charge in [0.25, 0.3) is 0 Å². The van der Waals surface area contributed by atoms with Crippen LogP contribution < -0.4 is 10.1 Å². The summed E-state index contributed by atoms with van der Waals surface area (Å²) in [6, 6.07) is 9.55. The van der Waals surface area contributed by atoms with E-state index in [9.17, 15) is 4.79 Å². The molecule has 1 atom stereocenters. The Bertz CT molecular complexity index is 918. The van der Waals surface area contributed by atoms with Gasteiger partial charge in [0, 0.05) is 6.07 Å². The third-order valence-corrected chi connectivity index (χ3v) is 4.03. The first-order valence-corrected chi connectivity index (χ1v) is 8.46. The van der Waals surface area contributed by atoms with Crippen molar-refractivity contribution in [3.63, 3.8) is 0 Å². The fourth-order valence-corrected chi connectivity index (χ4v) is 2.70. The second-order valence-corrected chi connectivity index (χ2v) is 5.95. The number of anilines is 1. The molecule has 1 N–H and O–H groups in total. The number of ether oxygens (including phenoxy) is 2. The van der Waals surface area contributed by atoms with Gasteiger partial charge in [-0.3, -0.25) is 0 Å². The highest BCUT2D eigenvalue weighted by Gasteiger charge is 2.16. The van der Waals surface area contributed by atoms with Gasteiger partial charge in [-0.15, -0.1) is 0 Å². The number of aromatic nitrogens is 3. The van der Waals surface area contributed by atoms with Gasteiger partial charge in [-0.1, -0.05) is 12.1 Å². The number of carbonyl (C=O) groups is 1. The Kier molecular flexibility index (Phi) is 5.06. The summed E-state index contributed by atoms with van der Waals surface area (Å²) in [4.78, 5) is 16.5. The lowest BCUT2D eigenvalue weighted by Gasteiger charge is -2.16. The number of hydrogen-bond acceptors (Lipinski definition) is 6. The van der Waals surface area contributed by atoms with Crippen LogP contribution in [-0.4, -0.2) is 34.3 Å². The Labute approximate surface area is 152 Å². The molecule has 0 saturated carbocycles. The lowest BCUT2D eigenvalue weighted by Crippen LogP contribution is -2.10. The van der Waals surface area contributed by atoms with Gasteiger partial charge in [-0.25, -0.2) is 14.3 Å². The van der Waals surface area contributed by atoms with Crippen molar-refractivity contribution in [1.82, 2.24) is 14.6 Å². The highest BCUT2D eigenvalue weighted by Crippen LogP contribution is 2.24. The summed E-state index contributed by atoms with van der Waals surface area (Å²) in [6.07, 6.45) is 1.78. The van der Waals surface area contributed by atoms with Crippen LogP contribution in [0.4, 0.5) is 5.82 Å². The van der Waals surface area contributed by atoms with Crippen molar-refractivity contribution >= 4 is 17.3 Å². The van der Waals surface area contributed by atoms with Crippen molar-refractivity contribution < 1.29 is 14.3 Å². The monoisotopic (exact) mass is 354 g/mol. The third-order valence-electron chi connectivity index (χ3n) is 4.03. The summed E-state index contributed by atoms with van der Waals surface area (Å²) in [6.45, 7) is 6.01. The average molecular weight is 354 g/mol. The van der Waals surface area contributed by atoms with E-state index in [1.165, 1.54) is 0 Å². The van der Waals surface area contributed by atoms with Crippen molar-refractivity contribution in [3.05, 3.63) is 53.5 Å². The van der Waals surface area contributed by atoms with Gasteiger partial charge in [0.05, 0.1) is 31.6 Å². The van der Waals surface area contributed by atoms with Gasteiger partial charge in [0.15, 0.2) is 11.5 Å². The molecule has 7 nitrogen and oxygen atoms in total. The molecule has 1 aromatic carbocycles. The largest absolute Gasteiger partial charge is 0.497 e. The summed E-state index contributed by atoms with van der Waals surface area (Å²) in [5, 5.41) is 7.70. The summed E-state index contributed by atoms with van der Waals surface area (Å²) < 4.78 is 11.9. The zero-order valence-electron chi connectivity index (χ0n) is 15.3. The van der Waals surface area contributed by atoms with E-state index in [0.717, 1.165) is 22.5 Å². The van der Waals surface area contributed by atoms with Crippen LogP contribution in [0.5, 0.6) is 5.75 Å². The van der Waals surface area contributed by atoms with E-state index in [1.54, 1.807) is 30.8 Å². The quantitative estimate of drug-likeness (QED) is 0.684. The lowest BCUT2D eigenvalue weighted by atomic mass is 10.1. The molecule has 0 amide bonds. The van der Waals surface area contributed by atoms with Crippen LogP contribution >= 0.6 is 0 Å². The minimum Gasteiger partial charge on any atom is -0.497 e. The molecule has 136 valence electrons. The van der Waals surface area contributed by atoms with Gasteiger partial charge in [0.2, 0.25) is 0 Å². The molecule has 3 aromatic rings. The Morgan fingerprint density at radius 3 is 2.69 bits per heavy atom. The average Bonchev–Trinajstić information content (AvgIpc) is 3.06. The molecule has 0 spiro atoms. The first-order chi connectivity index (χ1) is 12.5. The number of esters is 1. The SMILES string of the molecule is CCOC(=O)c1cc2c(N[C@@H](C)c3ccc(OC)cc3)nc(C)cn2n1. The number of aryl methyl sites for hydroxylation is 1. The molecule has 0 fully saturated rings. The maximum atomic E-state index is 12.0. The number of benzene rings is 1. The van der Waals surface area contributed by atoms with Crippen LogP contribution in [0.25, 0.3) is 5.52 Å². The molecule has 2 heterocycles. The van der Waals surface area contributed by atoms with Gasteiger partial charge in [0.1, 0.15) is 11.3 Å². The zero-order valence-corrected chi connectivity index (χ0v) is 15.3. The molecular formula is C19H22N4O3. The molecule has 0 radical (unpaired) electrons. The highest BCUT2D eigenvalue weighted by molar-refractivity contribution is 5.90. The Hall–Kier alpha value is -3.09. The molecule has 0 bridgehead atoms. The van der Waals surface area contributed by atoms with Crippen LogP contribution in [0.2, 0.25) is 0 Å². The Balaban J connectivity index is 1.91. The van der Waals surface area contributed by atoms with Gasteiger partial charge in [-0.05, 0) is 38.5 Å². The number of carbonyl (C=O) groups excluding carboxylic acids is 1. The summed E-state index contributed by atoms with van der Waals surface area (Å²) in [5.41, 5.74) is 2.87. The van der Waals surface area contributed by atoms with Gasteiger partial charge >= 0.3 is 5.97 Å². The lowest BCUT2D eigenvalue weighted by molar-refractivity contribution is 0.0519. The van der Waals surface area contributed by atoms with Crippen molar-refractivity contribution in [3.8, 4) is 5.75 Å². The van der Waals surface area contributed by atoms with E-state index in [1.807, 2.05) is 38.1 Å². The second kappa shape index (κ2) is 7.43. The molecule has 2 aromatic heterocycles. The molecule has 0 aliphatic carbocycles. The first-order valence-electron chi connectivity index (χ1n) is 8.46. The standard InChI is InChI=1S/C19H22N4O3/c1-5-26-19(24)16-10-17-18(20-12(2)11-23(17)22-16)21-13(3)14-6-8-15(25-4)9-7-14/h6-11,13H,5H2,1-4H3,(H,20,21)/t13-/m0/s1. The van der Waals surface area contributed by atoms with E-state index in [4.69, 9.17) is 9.47 Å². The number of hydrogen-bond donors (Lipinski definition) is 1. The number of nitrogens with zero attached hydrogens (tertiary/aromatic N) is 3. The predicted molar refractivity (Wildman–Crippen MR) is 98.7 cm³/mol. The van der Waals surface area contributed by atoms with Crippen molar-refractivity contribution in [2.75, 3.05) is 19.0 Å². The molecule has 26 heavy (non-hydrogen) atoms. The Morgan fingerprint density at radius 1 is 1.31 bits per heavy atom. The molecule has 3 rings (SSSR count). The fraction of sp³-hybridized carbons (Fsp3) is 0.316. The van der Waals surface area contributed by atoms with Crippen molar-refractivity contribution in [2.45, 2.75) is 26.8 Å². The highest BCUT2D eigenvalue weighted by atomic mass is 16.5. The zero-order chi connectivity index (χ0) is 18.7. The molecule has 0 unspecified atom stereocenters. The van der Waals surface area contributed by atoms with E-state index in [2.05, 4.69) is 15.4 Å². The van der Waals surface area contributed by atoms with Crippen molar-refractivity contribution in [2.24, 2.45) is 0 Å². The number of rotatable bonds is 6. The van der Waals surface area contributed by atoms with E-state index < -0.39 is 5.97 Å². The van der Waals surface area contributed by atoms with Crippen molar-refractivity contribution in [1.29, 1.82) is 0 Å². The van der Waals surface area contributed by atoms with Crippen LogP contribution in [-0.2, 0) is 4.74 Å². The van der Waals surface area contributed by atoms with Gasteiger partial charge < -0.3 is 14.8 Å². The van der Waals surface area contributed by atoms with E-state index >= 15 is 0 Å². The molecule has 0 aliphatic rings. The van der Waals surface area contributed by atoms with E-state index in [-0.39, 0.29) is 11.7 Å². The molecule has 0 saturated heterocycles. The van der Waals surface area contributed by atoms with Crippen LogP contribution in [0.1, 0.15) is 41.6 Å². The molecule has 0 aliphatic heterocycles. The molecule has 7 heteroatoms. The first kappa shape index (κ1) is 17.7. The molecular weight excluding hydrogens is 332 g/mol. The van der Waals surface area contributed by atoms with Crippen LogP contribution in [0, 0.1) is 6.92 Å². The minimum atomic E-state index is -0.442. The minimum absolute atomic E-state index is 0.0138. The third kappa shape index (κ3) is 3.61. The summed E-state index contributed by atoms with van der Waals surface area (Å²) >= 11 is 0. The normalized spacial score (nSPS) is 12.0. The number of fused-ring (bicyclic) bond motifs is 1. The van der Waals surface area contributed by atoms with Crippen LogP contribution in [0.15, 0.2) is 36.5 Å². The second-order valence-electron chi connectivity index (χ2n) is 5.95. The van der Waals surface area contributed by atoms with Gasteiger partial charge in [-0.2, -0.15) is 5.10 Å². The smallest absolute Gasteiger partial charge is 0.358 e.